The fourth-order valence-corrected chi connectivity index (χ4v) is 1.72. The van der Waals surface area contributed by atoms with Gasteiger partial charge in [-0.2, -0.15) is 0 Å². The highest BCUT2D eigenvalue weighted by Gasteiger charge is 2.24. The zero-order valence-electron chi connectivity index (χ0n) is 8.42. The van der Waals surface area contributed by atoms with Crippen molar-refractivity contribution in [1.82, 2.24) is 10.2 Å². The summed E-state index contributed by atoms with van der Waals surface area (Å²) in [5, 5.41) is 2.97. The molecule has 2 amide bonds. The van der Waals surface area contributed by atoms with Crippen LogP contribution in [0, 0.1) is 5.92 Å². The molecule has 0 aromatic heterocycles. The van der Waals surface area contributed by atoms with E-state index in [4.69, 9.17) is 5.73 Å². The van der Waals surface area contributed by atoms with E-state index in [-0.39, 0.29) is 6.03 Å². The first-order valence-corrected chi connectivity index (χ1v) is 4.81. The maximum absolute atomic E-state index is 11.3. The second kappa shape index (κ2) is 4.46. The van der Waals surface area contributed by atoms with Gasteiger partial charge in [-0.1, -0.05) is 0 Å². The lowest BCUT2D eigenvalue weighted by molar-refractivity contribution is 0.213. The lowest BCUT2D eigenvalue weighted by Gasteiger charge is -2.17. The highest BCUT2D eigenvalue weighted by molar-refractivity contribution is 5.73. The minimum Gasteiger partial charge on any atom is -0.335 e. The molecule has 0 bridgehead atoms. The van der Waals surface area contributed by atoms with Crippen molar-refractivity contribution in [3.63, 3.8) is 0 Å². The summed E-state index contributed by atoms with van der Waals surface area (Å²) in [7, 11) is 3.51. The van der Waals surface area contributed by atoms with E-state index in [2.05, 4.69) is 5.32 Å². The van der Waals surface area contributed by atoms with E-state index < -0.39 is 0 Å². The van der Waals surface area contributed by atoms with Crippen molar-refractivity contribution in [3.8, 4) is 0 Å². The number of nitrogens with two attached hydrogens (primary N) is 1. The molecule has 13 heavy (non-hydrogen) atoms. The van der Waals surface area contributed by atoms with Gasteiger partial charge < -0.3 is 16.0 Å². The van der Waals surface area contributed by atoms with Crippen molar-refractivity contribution >= 4 is 6.03 Å². The van der Waals surface area contributed by atoms with Crippen LogP contribution in [-0.2, 0) is 0 Å². The molecule has 0 aromatic carbocycles. The van der Waals surface area contributed by atoms with E-state index in [0.717, 1.165) is 25.8 Å². The molecule has 2 atom stereocenters. The fraction of sp³-hybridized carbons (Fsp3) is 0.889. The van der Waals surface area contributed by atoms with E-state index in [0.29, 0.717) is 12.0 Å². The Labute approximate surface area is 79.5 Å². The molecule has 1 aliphatic rings. The SMILES string of the molecule is CN(C)C(=O)NC1CCC(CN)C1. The molecule has 0 aliphatic heterocycles. The molecule has 3 N–H and O–H groups in total. The number of carbonyl (C=O) groups excluding carboxylic acids is 1. The van der Waals surface area contributed by atoms with Crippen molar-refractivity contribution < 1.29 is 4.79 Å². The molecule has 0 aromatic rings. The Morgan fingerprint density at radius 3 is 2.69 bits per heavy atom. The van der Waals surface area contributed by atoms with Crippen molar-refractivity contribution in [1.29, 1.82) is 0 Å². The Kier molecular flexibility index (Phi) is 3.54. The molecule has 1 fully saturated rings. The van der Waals surface area contributed by atoms with Gasteiger partial charge in [-0.15, -0.1) is 0 Å². The third-order valence-corrected chi connectivity index (χ3v) is 2.61. The van der Waals surface area contributed by atoms with Crippen LogP contribution in [0.15, 0.2) is 0 Å². The zero-order valence-corrected chi connectivity index (χ0v) is 8.42. The Morgan fingerprint density at radius 2 is 2.23 bits per heavy atom. The van der Waals surface area contributed by atoms with Gasteiger partial charge in [0, 0.05) is 20.1 Å². The van der Waals surface area contributed by atoms with Crippen LogP contribution in [0.4, 0.5) is 4.79 Å². The average molecular weight is 185 g/mol. The van der Waals surface area contributed by atoms with Gasteiger partial charge in [0.15, 0.2) is 0 Å². The molecule has 0 radical (unpaired) electrons. The molecule has 1 rings (SSSR count). The molecule has 0 saturated heterocycles. The van der Waals surface area contributed by atoms with Crippen LogP contribution in [0.2, 0.25) is 0 Å². The Morgan fingerprint density at radius 1 is 1.54 bits per heavy atom. The van der Waals surface area contributed by atoms with Crippen LogP contribution in [0.1, 0.15) is 19.3 Å². The van der Waals surface area contributed by atoms with Gasteiger partial charge in [0.05, 0.1) is 0 Å². The Hall–Kier alpha value is -0.770. The van der Waals surface area contributed by atoms with E-state index in [1.54, 1.807) is 19.0 Å². The normalized spacial score (nSPS) is 27.3. The summed E-state index contributed by atoms with van der Waals surface area (Å²) < 4.78 is 0. The molecular weight excluding hydrogens is 166 g/mol. The second-order valence-corrected chi connectivity index (χ2v) is 3.96. The highest BCUT2D eigenvalue weighted by Crippen LogP contribution is 2.24. The van der Waals surface area contributed by atoms with Crippen LogP contribution in [0.25, 0.3) is 0 Å². The third kappa shape index (κ3) is 2.88. The van der Waals surface area contributed by atoms with Gasteiger partial charge in [-0.05, 0) is 31.7 Å². The number of nitrogens with zero attached hydrogens (tertiary/aromatic N) is 1. The number of hydrogen-bond acceptors (Lipinski definition) is 2. The van der Waals surface area contributed by atoms with E-state index in [1.165, 1.54) is 0 Å². The monoisotopic (exact) mass is 185 g/mol. The summed E-state index contributed by atoms with van der Waals surface area (Å²) in [6, 6.07) is 0.339. The predicted octanol–water partition coefficient (Wildman–Crippen LogP) is 0.385. The first-order chi connectivity index (χ1) is 6.13. The second-order valence-electron chi connectivity index (χ2n) is 3.96. The Bertz CT molecular complexity index is 182. The van der Waals surface area contributed by atoms with Crippen LogP contribution in [0.5, 0.6) is 0 Å². The summed E-state index contributed by atoms with van der Waals surface area (Å²) in [5.41, 5.74) is 5.56. The van der Waals surface area contributed by atoms with E-state index in [9.17, 15) is 4.79 Å². The zero-order chi connectivity index (χ0) is 9.84. The largest absolute Gasteiger partial charge is 0.335 e. The summed E-state index contributed by atoms with van der Waals surface area (Å²) in [5.74, 6) is 0.604. The fourth-order valence-electron chi connectivity index (χ4n) is 1.72. The molecule has 4 nitrogen and oxygen atoms in total. The lowest BCUT2D eigenvalue weighted by Crippen LogP contribution is -2.40. The van der Waals surface area contributed by atoms with Crippen molar-refractivity contribution in [3.05, 3.63) is 0 Å². The van der Waals surface area contributed by atoms with Crippen LogP contribution in [-0.4, -0.2) is 37.6 Å². The average Bonchev–Trinajstić information content (AvgIpc) is 2.52. The smallest absolute Gasteiger partial charge is 0.317 e. The molecule has 0 spiro atoms. The van der Waals surface area contributed by atoms with E-state index in [1.807, 2.05) is 0 Å². The Balaban J connectivity index is 2.28. The van der Waals surface area contributed by atoms with Crippen molar-refractivity contribution in [2.75, 3.05) is 20.6 Å². The minimum absolute atomic E-state index is 0.00247. The number of nitrogens with one attached hydrogen (secondary N) is 1. The molecule has 1 saturated carbocycles. The van der Waals surface area contributed by atoms with Crippen molar-refractivity contribution in [2.24, 2.45) is 11.7 Å². The van der Waals surface area contributed by atoms with Gasteiger partial charge in [-0.3, -0.25) is 0 Å². The minimum atomic E-state index is 0.00247. The number of rotatable bonds is 2. The first kappa shape index (κ1) is 10.3. The highest BCUT2D eigenvalue weighted by atomic mass is 16.2. The molecular formula is C9H19N3O. The van der Waals surface area contributed by atoms with Crippen LogP contribution < -0.4 is 11.1 Å². The van der Waals surface area contributed by atoms with Gasteiger partial charge in [-0.25, -0.2) is 4.79 Å². The maximum Gasteiger partial charge on any atom is 0.317 e. The maximum atomic E-state index is 11.3. The molecule has 2 unspecified atom stereocenters. The van der Waals surface area contributed by atoms with Gasteiger partial charge in [0.1, 0.15) is 0 Å². The van der Waals surface area contributed by atoms with Gasteiger partial charge in [0.25, 0.3) is 0 Å². The molecule has 1 aliphatic carbocycles. The first-order valence-electron chi connectivity index (χ1n) is 4.81. The topological polar surface area (TPSA) is 58.4 Å². The molecule has 4 heteroatoms. The summed E-state index contributed by atoms with van der Waals surface area (Å²) in [6.45, 7) is 0.744. The van der Waals surface area contributed by atoms with Crippen LogP contribution >= 0.6 is 0 Å². The molecule has 0 heterocycles. The van der Waals surface area contributed by atoms with Gasteiger partial charge in [0.2, 0.25) is 0 Å². The number of carbonyl (C=O) groups is 1. The number of hydrogen-bond donors (Lipinski definition) is 2. The molecule has 76 valence electrons. The van der Waals surface area contributed by atoms with E-state index >= 15 is 0 Å². The van der Waals surface area contributed by atoms with Crippen molar-refractivity contribution in [2.45, 2.75) is 25.3 Å². The van der Waals surface area contributed by atoms with Gasteiger partial charge >= 0.3 is 6.03 Å². The lowest BCUT2D eigenvalue weighted by atomic mass is 10.1. The number of urea groups is 1. The standard InChI is InChI=1S/C9H19N3O/c1-12(2)9(13)11-8-4-3-7(5-8)6-10/h7-8H,3-6,10H2,1-2H3,(H,11,13). The summed E-state index contributed by atoms with van der Waals surface area (Å²) >= 11 is 0. The van der Waals surface area contributed by atoms with Crippen LogP contribution in [0.3, 0.4) is 0 Å². The summed E-state index contributed by atoms with van der Waals surface area (Å²) in [6.07, 6.45) is 3.26. The number of amides is 2. The summed E-state index contributed by atoms with van der Waals surface area (Å²) in [4.78, 5) is 12.8. The third-order valence-electron chi connectivity index (χ3n) is 2.61. The predicted molar refractivity (Wildman–Crippen MR) is 52.4 cm³/mol. The quantitative estimate of drug-likeness (QED) is 0.653.